The van der Waals surface area contributed by atoms with Gasteiger partial charge in [-0.05, 0) is 24.8 Å². The highest BCUT2D eigenvalue weighted by Gasteiger charge is 2.24. The fourth-order valence-corrected chi connectivity index (χ4v) is 4.54. The van der Waals surface area contributed by atoms with E-state index >= 15 is 0 Å². The normalized spacial score (nSPS) is 16.7. The maximum Gasteiger partial charge on any atom is 0.238 e. The van der Waals surface area contributed by atoms with Crippen LogP contribution in [0.5, 0.6) is 0 Å². The van der Waals surface area contributed by atoms with Crippen molar-refractivity contribution < 1.29 is 13.5 Å². The van der Waals surface area contributed by atoms with E-state index in [4.69, 9.17) is 5.11 Å². The summed E-state index contributed by atoms with van der Waals surface area (Å²) < 4.78 is 29.5. The van der Waals surface area contributed by atoms with Gasteiger partial charge in [-0.1, -0.05) is 30.3 Å². The van der Waals surface area contributed by atoms with Crippen molar-refractivity contribution in [1.82, 2.24) is 14.7 Å². The number of aromatic nitrogens is 2. The fourth-order valence-electron chi connectivity index (χ4n) is 3.36. The summed E-state index contributed by atoms with van der Waals surface area (Å²) in [4.78, 5) is 2.33. The van der Waals surface area contributed by atoms with Crippen LogP contribution >= 0.6 is 0 Å². The molecule has 0 bridgehead atoms. The van der Waals surface area contributed by atoms with Gasteiger partial charge in [0.1, 0.15) is 5.82 Å². The molecule has 142 valence electrons. The fraction of sp³-hybridized carbons (Fsp3) is 0.500. The maximum absolute atomic E-state index is 12.5. The van der Waals surface area contributed by atoms with Crippen LogP contribution in [-0.2, 0) is 15.8 Å². The third-order valence-electron chi connectivity index (χ3n) is 4.67. The molecule has 0 spiro atoms. The number of nitrogens with zero attached hydrogens (tertiary/aromatic N) is 3. The maximum atomic E-state index is 12.5. The molecule has 1 aromatic carbocycles. The summed E-state index contributed by atoms with van der Waals surface area (Å²) in [5.74, 6) is 0.466. The minimum Gasteiger partial charge on any atom is -0.396 e. The summed E-state index contributed by atoms with van der Waals surface area (Å²) >= 11 is 0. The minimum absolute atomic E-state index is 0.0569. The number of sulfonamides is 1. The lowest BCUT2D eigenvalue weighted by molar-refractivity contribution is 0.165. The van der Waals surface area contributed by atoms with Crippen LogP contribution in [0, 0.1) is 0 Å². The van der Waals surface area contributed by atoms with E-state index in [1.807, 2.05) is 18.2 Å². The Balaban J connectivity index is 1.62. The zero-order valence-corrected chi connectivity index (χ0v) is 15.6. The molecular formula is C18H26N4O3S. The molecule has 7 nitrogen and oxygen atoms in total. The first-order chi connectivity index (χ1) is 12.6. The molecule has 0 saturated carbocycles. The predicted molar refractivity (Wildman–Crippen MR) is 101 cm³/mol. The molecule has 1 saturated heterocycles. The molecule has 0 aliphatic carbocycles. The number of hydrogen-bond acceptors (Lipinski definition) is 5. The summed E-state index contributed by atoms with van der Waals surface area (Å²) in [6.07, 6.45) is 4.26. The average Bonchev–Trinajstić information content (AvgIpc) is 3.08. The van der Waals surface area contributed by atoms with Crippen molar-refractivity contribution in [3.63, 3.8) is 0 Å². The van der Waals surface area contributed by atoms with Crippen LogP contribution in [0.4, 0.5) is 5.82 Å². The van der Waals surface area contributed by atoms with Crippen LogP contribution in [0.25, 0.3) is 0 Å². The highest BCUT2D eigenvalue weighted by atomic mass is 32.2. The molecule has 1 aliphatic heterocycles. The Bertz CT molecular complexity index is 784. The Labute approximate surface area is 154 Å². The van der Waals surface area contributed by atoms with E-state index in [0.29, 0.717) is 5.82 Å². The van der Waals surface area contributed by atoms with Gasteiger partial charge in [-0.15, -0.1) is 0 Å². The number of nitrogens with one attached hydrogen (secondary N) is 1. The minimum atomic E-state index is -3.49. The molecular weight excluding hydrogens is 352 g/mol. The second-order valence-corrected chi connectivity index (χ2v) is 8.38. The molecule has 2 aromatic rings. The van der Waals surface area contributed by atoms with Gasteiger partial charge in [0.25, 0.3) is 0 Å². The molecule has 1 fully saturated rings. The van der Waals surface area contributed by atoms with Crippen LogP contribution in [-0.4, -0.2) is 54.4 Å². The number of rotatable bonds is 8. The number of benzene rings is 1. The second-order valence-electron chi connectivity index (χ2n) is 6.66. The zero-order valence-electron chi connectivity index (χ0n) is 14.8. The number of aliphatic hydroxyl groups excluding tert-OH is 1. The Morgan fingerprint density at radius 1 is 1.15 bits per heavy atom. The first-order valence-electron chi connectivity index (χ1n) is 8.98. The van der Waals surface area contributed by atoms with Gasteiger partial charge in [-0.2, -0.15) is 5.10 Å². The van der Waals surface area contributed by atoms with E-state index in [0.717, 1.165) is 44.5 Å². The highest BCUT2D eigenvalue weighted by Crippen LogP contribution is 2.26. The van der Waals surface area contributed by atoms with Gasteiger partial charge >= 0.3 is 0 Å². The summed E-state index contributed by atoms with van der Waals surface area (Å²) in [5, 5.41) is 13.3. The van der Waals surface area contributed by atoms with E-state index < -0.39 is 10.0 Å². The van der Waals surface area contributed by atoms with Gasteiger partial charge in [0.05, 0.1) is 18.0 Å². The molecule has 2 N–H and O–H groups in total. The van der Waals surface area contributed by atoms with Crippen molar-refractivity contribution in [2.75, 3.05) is 31.0 Å². The highest BCUT2D eigenvalue weighted by molar-refractivity contribution is 7.91. The summed E-state index contributed by atoms with van der Waals surface area (Å²) in [7, 11) is -3.49. The van der Waals surface area contributed by atoms with Crippen LogP contribution < -0.4 is 4.72 Å². The van der Waals surface area contributed by atoms with Crippen molar-refractivity contribution in [1.29, 1.82) is 0 Å². The lowest BCUT2D eigenvalue weighted by Gasteiger charge is -2.32. The molecule has 0 radical (unpaired) electrons. The van der Waals surface area contributed by atoms with Crippen molar-refractivity contribution in [2.45, 2.75) is 31.1 Å². The monoisotopic (exact) mass is 378 g/mol. The van der Waals surface area contributed by atoms with Crippen molar-refractivity contribution in [3.8, 4) is 0 Å². The molecule has 0 atom stereocenters. The van der Waals surface area contributed by atoms with E-state index in [1.165, 1.54) is 0 Å². The number of anilines is 1. The van der Waals surface area contributed by atoms with Gasteiger partial charge in [-0.25, -0.2) is 13.1 Å². The zero-order chi connectivity index (χ0) is 18.4. The summed E-state index contributed by atoms with van der Waals surface area (Å²) in [6.45, 7) is 2.98. The molecule has 2 heterocycles. The Morgan fingerprint density at radius 3 is 2.58 bits per heavy atom. The van der Waals surface area contributed by atoms with Crippen LogP contribution in [0.3, 0.4) is 0 Å². The number of piperidine rings is 1. The second kappa shape index (κ2) is 8.66. The van der Waals surface area contributed by atoms with Gasteiger partial charge in [0, 0.05) is 32.3 Å². The smallest absolute Gasteiger partial charge is 0.238 e. The summed E-state index contributed by atoms with van der Waals surface area (Å²) in [5.41, 5.74) is 0.753. The van der Waals surface area contributed by atoms with Crippen LogP contribution in [0.1, 0.15) is 30.9 Å². The number of likely N-dealkylation sites (tertiary alicyclic amines) is 1. The molecule has 3 rings (SSSR count). The number of aliphatic hydroxyl groups is 1. The molecule has 1 aliphatic rings. The Kier molecular flexibility index (Phi) is 6.29. The van der Waals surface area contributed by atoms with Crippen LogP contribution in [0.15, 0.2) is 42.6 Å². The van der Waals surface area contributed by atoms with Gasteiger partial charge in [0.15, 0.2) is 0 Å². The van der Waals surface area contributed by atoms with E-state index in [2.05, 4.69) is 14.7 Å². The third kappa shape index (κ3) is 5.06. The third-order valence-corrected chi connectivity index (χ3v) is 5.90. The number of hydrogen-bond donors (Lipinski definition) is 2. The van der Waals surface area contributed by atoms with E-state index in [9.17, 15) is 8.42 Å². The molecule has 8 heteroatoms. The van der Waals surface area contributed by atoms with Crippen molar-refractivity contribution in [3.05, 3.63) is 48.2 Å². The summed E-state index contributed by atoms with van der Waals surface area (Å²) in [6, 6.07) is 11.0. The molecule has 0 unspecified atom stereocenters. The lowest BCUT2D eigenvalue weighted by Crippen LogP contribution is -2.36. The molecule has 1 aromatic heterocycles. The van der Waals surface area contributed by atoms with Gasteiger partial charge in [0.2, 0.25) is 10.0 Å². The molecule has 26 heavy (non-hydrogen) atoms. The molecule has 0 amide bonds. The van der Waals surface area contributed by atoms with Crippen molar-refractivity contribution >= 4 is 15.8 Å². The Hall–Kier alpha value is -1.90. The first-order valence-corrected chi connectivity index (χ1v) is 10.6. The first kappa shape index (κ1) is 18.9. The Morgan fingerprint density at radius 2 is 1.88 bits per heavy atom. The lowest BCUT2D eigenvalue weighted by atomic mass is 10.1. The average molecular weight is 378 g/mol. The van der Waals surface area contributed by atoms with Gasteiger partial charge in [-0.3, -0.25) is 4.72 Å². The predicted octanol–water partition coefficient (Wildman–Crippen LogP) is 1.84. The SMILES string of the molecule is O=S(=O)(Cc1ccccc1)Nc1ccnn1C1CCN(CCCO)CC1. The van der Waals surface area contributed by atoms with Crippen molar-refractivity contribution in [2.24, 2.45) is 0 Å². The van der Waals surface area contributed by atoms with E-state index in [1.54, 1.807) is 29.1 Å². The van der Waals surface area contributed by atoms with E-state index in [-0.39, 0.29) is 18.4 Å². The quantitative estimate of drug-likeness (QED) is 0.732. The largest absolute Gasteiger partial charge is 0.396 e. The van der Waals surface area contributed by atoms with Gasteiger partial charge < -0.3 is 10.0 Å². The topological polar surface area (TPSA) is 87.5 Å². The standard InChI is InChI=1S/C18H26N4O3S/c23-14-4-11-21-12-8-17(9-13-21)22-18(7-10-19-22)20-26(24,25)15-16-5-2-1-3-6-16/h1-3,5-7,10,17,20,23H,4,8-9,11-15H2. The van der Waals surface area contributed by atoms with Crippen LogP contribution in [0.2, 0.25) is 0 Å².